The maximum absolute atomic E-state index is 12.7. The Kier molecular flexibility index (Phi) is 5.27. The summed E-state index contributed by atoms with van der Waals surface area (Å²) in [6.45, 7) is 0. The lowest BCUT2D eigenvalue weighted by atomic mass is 10.1. The number of nitrogens with zero attached hydrogens (tertiary/aromatic N) is 3. The topological polar surface area (TPSA) is 120 Å². The molecule has 0 radical (unpaired) electrons. The summed E-state index contributed by atoms with van der Waals surface area (Å²) in [7, 11) is -4.00. The molecule has 0 atom stereocenters. The summed E-state index contributed by atoms with van der Waals surface area (Å²) in [5.41, 5.74) is 7.16. The number of nitrogens with one attached hydrogen (secondary N) is 1. The van der Waals surface area contributed by atoms with E-state index in [1.165, 1.54) is 18.5 Å². The molecule has 0 bridgehead atoms. The van der Waals surface area contributed by atoms with Gasteiger partial charge >= 0.3 is 0 Å². The van der Waals surface area contributed by atoms with Crippen LogP contribution in [0.3, 0.4) is 0 Å². The number of nitrogen functional groups attached to an aromatic ring is 1. The summed E-state index contributed by atoms with van der Waals surface area (Å²) in [4.78, 5) is 12.3. The predicted octanol–water partition coefficient (Wildman–Crippen LogP) is 3.71. The van der Waals surface area contributed by atoms with Crippen molar-refractivity contribution in [2.24, 2.45) is 0 Å². The monoisotopic (exact) mass is 419 g/mol. The van der Waals surface area contributed by atoms with E-state index in [-0.39, 0.29) is 22.4 Å². The van der Waals surface area contributed by atoms with Crippen LogP contribution in [0.1, 0.15) is 0 Å². The Morgan fingerprint density at radius 3 is 2.27 bits per heavy atom. The maximum Gasteiger partial charge on any atom is 0.265 e. The number of hydrogen-bond donors (Lipinski definition) is 2. The maximum atomic E-state index is 12.7. The minimum absolute atomic E-state index is 0.0956. The van der Waals surface area contributed by atoms with Crippen molar-refractivity contribution in [3.8, 4) is 22.9 Å². The summed E-state index contributed by atoms with van der Waals surface area (Å²) < 4.78 is 33.7. The number of hydrogen-bond acceptors (Lipinski definition) is 7. The van der Waals surface area contributed by atoms with E-state index in [4.69, 9.17) is 10.5 Å². The molecule has 0 aliphatic rings. The van der Waals surface area contributed by atoms with Crippen LogP contribution < -0.4 is 15.2 Å². The van der Waals surface area contributed by atoms with Gasteiger partial charge in [-0.15, -0.1) is 0 Å². The molecular formula is C21H17N5O3S. The molecule has 0 fully saturated rings. The standard InChI is InChI=1S/C21H17N5O3S/c22-16-11-18(14-23-13-16)30(27,28)26-21-24-19(15-7-3-1-4-8-15)12-20(25-21)29-17-9-5-2-6-10-17/h1-14H,22H2,(H,24,25,26). The molecule has 0 unspecified atom stereocenters. The van der Waals surface area contributed by atoms with E-state index in [0.29, 0.717) is 11.4 Å². The van der Waals surface area contributed by atoms with Gasteiger partial charge in [0.1, 0.15) is 10.6 Å². The minimum Gasteiger partial charge on any atom is -0.439 e. The van der Waals surface area contributed by atoms with Crippen LogP contribution in [0.15, 0.2) is 90.1 Å². The van der Waals surface area contributed by atoms with Gasteiger partial charge in [-0.25, -0.2) is 18.1 Å². The lowest BCUT2D eigenvalue weighted by Crippen LogP contribution is -2.16. The summed E-state index contributed by atoms with van der Waals surface area (Å²) in [6.07, 6.45) is 2.55. The zero-order valence-electron chi connectivity index (χ0n) is 15.6. The van der Waals surface area contributed by atoms with Crippen molar-refractivity contribution in [2.75, 3.05) is 10.5 Å². The number of nitrogens with two attached hydrogens (primary N) is 1. The van der Waals surface area contributed by atoms with Gasteiger partial charge < -0.3 is 10.5 Å². The number of pyridine rings is 1. The van der Waals surface area contributed by atoms with Gasteiger partial charge in [0.25, 0.3) is 10.0 Å². The van der Waals surface area contributed by atoms with Crippen LogP contribution in [0.25, 0.3) is 11.3 Å². The van der Waals surface area contributed by atoms with Crippen LogP contribution in [-0.4, -0.2) is 23.4 Å². The van der Waals surface area contributed by atoms with Crippen molar-refractivity contribution >= 4 is 21.7 Å². The molecule has 3 N–H and O–H groups in total. The van der Waals surface area contributed by atoms with Gasteiger partial charge in [-0.05, 0) is 18.2 Å². The van der Waals surface area contributed by atoms with Gasteiger partial charge in [-0.3, -0.25) is 4.98 Å². The van der Waals surface area contributed by atoms with Crippen molar-refractivity contribution in [1.82, 2.24) is 15.0 Å². The molecule has 4 rings (SSSR count). The first-order valence-electron chi connectivity index (χ1n) is 8.90. The highest BCUT2D eigenvalue weighted by Gasteiger charge is 2.18. The third kappa shape index (κ3) is 4.53. The summed E-state index contributed by atoms with van der Waals surface area (Å²) >= 11 is 0. The molecule has 0 spiro atoms. The molecule has 8 nitrogen and oxygen atoms in total. The van der Waals surface area contributed by atoms with Crippen LogP contribution in [0.5, 0.6) is 11.6 Å². The van der Waals surface area contributed by atoms with Gasteiger partial charge in [-0.1, -0.05) is 48.5 Å². The van der Waals surface area contributed by atoms with Crippen LogP contribution in [0.2, 0.25) is 0 Å². The Hall–Kier alpha value is -3.98. The lowest BCUT2D eigenvalue weighted by Gasteiger charge is -2.11. The second-order valence-corrected chi connectivity index (χ2v) is 7.94. The number of benzene rings is 2. The largest absolute Gasteiger partial charge is 0.439 e. The molecule has 2 aromatic heterocycles. The number of para-hydroxylation sites is 1. The lowest BCUT2D eigenvalue weighted by molar-refractivity contribution is 0.463. The SMILES string of the molecule is Nc1cncc(S(=O)(=O)Nc2nc(Oc3ccccc3)cc(-c3ccccc3)n2)c1. The summed E-state index contributed by atoms with van der Waals surface area (Å²) in [6, 6.07) is 21.3. The van der Waals surface area contributed by atoms with Gasteiger partial charge in [0.2, 0.25) is 11.8 Å². The number of ether oxygens (including phenoxy) is 1. The second-order valence-electron chi connectivity index (χ2n) is 6.26. The molecule has 0 amide bonds. The average molecular weight is 419 g/mol. The van der Waals surface area contributed by atoms with Crippen molar-refractivity contribution in [1.29, 1.82) is 0 Å². The smallest absolute Gasteiger partial charge is 0.265 e. The molecule has 9 heteroatoms. The van der Waals surface area contributed by atoms with Gasteiger partial charge in [0, 0.05) is 24.0 Å². The Morgan fingerprint density at radius 2 is 1.57 bits per heavy atom. The number of anilines is 2. The first-order valence-corrected chi connectivity index (χ1v) is 10.4. The van der Waals surface area contributed by atoms with E-state index in [0.717, 1.165) is 5.56 Å². The Morgan fingerprint density at radius 1 is 0.867 bits per heavy atom. The predicted molar refractivity (Wildman–Crippen MR) is 113 cm³/mol. The van der Waals surface area contributed by atoms with Gasteiger partial charge in [0.15, 0.2) is 0 Å². The van der Waals surface area contributed by atoms with Crippen molar-refractivity contribution in [3.05, 3.63) is 85.2 Å². The Balaban J connectivity index is 1.74. The normalized spacial score (nSPS) is 11.1. The highest BCUT2D eigenvalue weighted by Crippen LogP contribution is 2.27. The molecule has 0 aliphatic carbocycles. The molecule has 0 aliphatic heterocycles. The zero-order chi connectivity index (χ0) is 21.0. The van der Waals surface area contributed by atoms with Gasteiger partial charge in [0.05, 0.1) is 11.4 Å². The van der Waals surface area contributed by atoms with E-state index in [1.54, 1.807) is 18.2 Å². The van der Waals surface area contributed by atoms with Crippen molar-refractivity contribution < 1.29 is 13.2 Å². The van der Waals surface area contributed by atoms with Crippen molar-refractivity contribution in [3.63, 3.8) is 0 Å². The Labute approximate surface area is 173 Å². The van der Waals surface area contributed by atoms with E-state index in [1.807, 2.05) is 48.5 Å². The third-order valence-corrected chi connectivity index (χ3v) is 5.30. The summed E-state index contributed by atoms with van der Waals surface area (Å²) in [5, 5.41) is 0. The first-order chi connectivity index (χ1) is 14.5. The van der Waals surface area contributed by atoms with E-state index < -0.39 is 10.0 Å². The highest BCUT2D eigenvalue weighted by atomic mass is 32.2. The third-order valence-electron chi connectivity index (χ3n) is 4.01. The zero-order valence-corrected chi connectivity index (χ0v) is 16.5. The fraction of sp³-hybridized carbons (Fsp3) is 0. The molecule has 4 aromatic rings. The second kappa shape index (κ2) is 8.18. The molecule has 0 saturated carbocycles. The van der Waals surface area contributed by atoms with E-state index in [2.05, 4.69) is 19.7 Å². The number of rotatable bonds is 6. The molecule has 2 heterocycles. The summed E-state index contributed by atoms with van der Waals surface area (Å²) in [5.74, 6) is 0.618. The fourth-order valence-corrected chi connectivity index (χ4v) is 3.59. The average Bonchev–Trinajstić information content (AvgIpc) is 2.75. The molecule has 2 aromatic carbocycles. The quantitative estimate of drug-likeness (QED) is 0.489. The Bertz CT molecular complexity index is 1270. The number of sulfonamides is 1. The van der Waals surface area contributed by atoms with Gasteiger partial charge in [-0.2, -0.15) is 4.98 Å². The molecule has 150 valence electrons. The number of aromatic nitrogens is 3. The highest BCUT2D eigenvalue weighted by molar-refractivity contribution is 7.92. The van der Waals surface area contributed by atoms with E-state index in [9.17, 15) is 8.42 Å². The van der Waals surface area contributed by atoms with Crippen molar-refractivity contribution in [2.45, 2.75) is 4.90 Å². The minimum atomic E-state index is -4.00. The molecule has 0 saturated heterocycles. The first kappa shape index (κ1) is 19.3. The fourth-order valence-electron chi connectivity index (χ4n) is 2.65. The molecule has 30 heavy (non-hydrogen) atoms. The van der Waals surface area contributed by atoms with Crippen LogP contribution in [0, 0.1) is 0 Å². The van der Waals surface area contributed by atoms with Crippen LogP contribution in [0.4, 0.5) is 11.6 Å². The van der Waals surface area contributed by atoms with Crippen LogP contribution in [-0.2, 0) is 10.0 Å². The molecular weight excluding hydrogens is 402 g/mol. The van der Waals surface area contributed by atoms with Crippen LogP contribution >= 0.6 is 0 Å². The van der Waals surface area contributed by atoms with E-state index >= 15 is 0 Å².